The maximum Gasteiger partial charge on any atom is 0.101 e. The van der Waals surface area contributed by atoms with Crippen LogP contribution in [0.4, 0.5) is 0 Å². The molecule has 0 saturated heterocycles. The van der Waals surface area contributed by atoms with Crippen LogP contribution in [0, 0.1) is 6.92 Å². The molecule has 4 nitrogen and oxygen atoms in total. The fourth-order valence-electron chi connectivity index (χ4n) is 5.13. The summed E-state index contributed by atoms with van der Waals surface area (Å²) < 4.78 is 9.25. The van der Waals surface area contributed by atoms with Crippen molar-refractivity contribution in [3.63, 3.8) is 0 Å². The van der Waals surface area contributed by atoms with Gasteiger partial charge in [-0.15, -0.1) is 0 Å². The van der Waals surface area contributed by atoms with E-state index in [-0.39, 0.29) is 6.10 Å². The summed E-state index contributed by atoms with van der Waals surface area (Å²) in [4.78, 5) is 6.66. The van der Waals surface area contributed by atoms with Gasteiger partial charge in [0.25, 0.3) is 0 Å². The molecule has 1 fully saturated rings. The van der Waals surface area contributed by atoms with Gasteiger partial charge in [0.05, 0.1) is 12.6 Å². The third-order valence-electron chi connectivity index (χ3n) is 6.69. The van der Waals surface area contributed by atoms with Gasteiger partial charge in [-0.05, 0) is 62.2 Å². The summed E-state index contributed by atoms with van der Waals surface area (Å²) in [5.41, 5.74) is 6.93. The quantitative estimate of drug-likeness (QED) is 0.613. The van der Waals surface area contributed by atoms with Crippen LogP contribution in [0.3, 0.4) is 0 Å². The Bertz CT molecular complexity index is 988. The van der Waals surface area contributed by atoms with E-state index >= 15 is 0 Å². The lowest BCUT2D eigenvalue weighted by molar-refractivity contribution is -0.0183. The van der Waals surface area contributed by atoms with Crippen molar-refractivity contribution < 1.29 is 4.74 Å². The van der Waals surface area contributed by atoms with E-state index in [1.54, 1.807) is 0 Å². The average molecular weight is 390 g/mol. The number of nitrogens with zero attached hydrogens (tertiary/aromatic N) is 3. The van der Waals surface area contributed by atoms with E-state index in [2.05, 4.69) is 58.8 Å². The van der Waals surface area contributed by atoms with Crippen LogP contribution in [0.15, 0.2) is 42.7 Å². The molecule has 1 aliphatic heterocycles. The molecule has 1 aromatic carbocycles. The molecule has 152 valence electrons. The van der Waals surface area contributed by atoms with Crippen LogP contribution < -0.4 is 0 Å². The molecule has 29 heavy (non-hydrogen) atoms. The van der Waals surface area contributed by atoms with Gasteiger partial charge in [0.15, 0.2) is 0 Å². The van der Waals surface area contributed by atoms with Crippen molar-refractivity contribution in [2.45, 2.75) is 64.3 Å². The Kier molecular flexibility index (Phi) is 5.15. The Labute approximate surface area is 173 Å². The van der Waals surface area contributed by atoms with Gasteiger partial charge in [0.1, 0.15) is 6.10 Å². The lowest BCUT2D eigenvalue weighted by Crippen LogP contribution is -2.28. The van der Waals surface area contributed by atoms with E-state index in [9.17, 15) is 0 Å². The first-order chi connectivity index (χ1) is 14.2. The molecule has 1 aliphatic carbocycles. The highest BCUT2D eigenvalue weighted by Gasteiger charge is 2.27. The van der Waals surface area contributed by atoms with Crippen molar-refractivity contribution in [2.24, 2.45) is 0 Å². The van der Waals surface area contributed by atoms with Crippen molar-refractivity contribution in [1.82, 2.24) is 14.5 Å². The number of rotatable bonds is 5. The van der Waals surface area contributed by atoms with Crippen LogP contribution in [0.1, 0.15) is 54.2 Å². The molecule has 1 atom stereocenters. The normalized spacial score (nSPS) is 19.0. The second-order valence-electron chi connectivity index (χ2n) is 8.86. The number of aryl methyl sites for hydroxylation is 1. The number of fused-ring (bicyclic) bond motifs is 3. The number of likely N-dealkylation sites (N-methyl/N-ethyl adjacent to an activating group) is 1. The molecule has 0 amide bonds. The number of pyridine rings is 1. The zero-order chi connectivity index (χ0) is 19.8. The molecular formula is C25H31N3O. The summed E-state index contributed by atoms with van der Waals surface area (Å²) in [6.45, 7) is 5.22. The molecule has 0 radical (unpaired) electrons. The molecule has 0 spiro atoms. The van der Waals surface area contributed by atoms with Crippen LogP contribution in [0.5, 0.6) is 0 Å². The highest BCUT2D eigenvalue weighted by molar-refractivity contribution is 5.86. The fraction of sp³-hybridized carbons (Fsp3) is 0.480. The van der Waals surface area contributed by atoms with E-state index in [1.807, 2.05) is 12.4 Å². The van der Waals surface area contributed by atoms with Gasteiger partial charge in [-0.1, -0.05) is 24.5 Å². The highest BCUT2D eigenvalue weighted by Crippen LogP contribution is 2.35. The maximum atomic E-state index is 6.70. The van der Waals surface area contributed by atoms with Gasteiger partial charge in [-0.2, -0.15) is 0 Å². The van der Waals surface area contributed by atoms with Crippen LogP contribution in [0.25, 0.3) is 10.9 Å². The van der Waals surface area contributed by atoms with Gasteiger partial charge in [0, 0.05) is 48.5 Å². The molecule has 3 aromatic rings. The van der Waals surface area contributed by atoms with Crippen molar-refractivity contribution in [3.8, 4) is 0 Å². The first kappa shape index (κ1) is 18.8. The zero-order valence-corrected chi connectivity index (χ0v) is 17.6. The molecule has 5 rings (SSSR count). The number of benzene rings is 1. The van der Waals surface area contributed by atoms with Crippen molar-refractivity contribution in [2.75, 3.05) is 13.6 Å². The topological polar surface area (TPSA) is 30.3 Å². The molecule has 3 heterocycles. The Hall–Kier alpha value is -2.17. The van der Waals surface area contributed by atoms with E-state index < -0.39 is 0 Å². The van der Waals surface area contributed by atoms with E-state index in [0.717, 1.165) is 26.1 Å². The van der Waals surface area contributed by atoms with Crippen LogP contribution in [0.2, 0.25) is 0 Å². The lowest BCUT2D eigenvalue weighted by Gasteiger charge is -2.27. The van der Waals surface area contributed by atoms with Gasteiger partial charge in [-0.3, -0.25) is 4.98 Å². The third kappa shape index (κ3) is 3.72. The smallest absolute Gasteiger partial charge is 0.101 e. The second-order valence-corrected chi connectivity index (χ2v) is 8.86. The summed E-state index contributed by atoms with van der Waals surface area (Å²) in [6.07, 6.45) is 10.3. The predicted molar refractivity (Wildman–Crippen MR) is 117 cm³/mol. The summed E-state index contributed by atoms with van der Waals surface area (Å²) in [6, 6.07) is 11.2. The molecule has 0 N–H and O–H groups in total. The predicted octanol–water partition coefficient (Wildman–Crippen LogP) is 5.03. The van der Waals surface area contributed by atoms with E-state index in [0.29, 0.717) is 6.10 Å². The minimum absolute atomic E-state index is 0.0711. The second kappa shape index (κ2) is 7.92. The Morgan fingerprint density at radius 2 is 1.93 bits per heavy atom. The molecule has 2 aromatic heterocycles. The third-order valence-corrected chi connectivity index (χ3v) is 6.69. The van der Waals surface area contributed by atoms with Crippen LogP contribution >= 0.6 is 0 Å². The van der Waals surface area contributed by atoms with Crippen LogP contribution in [-0.4, -0.2) is 34.1 Å². The molecular weight excluding hydrogens is 358 g/mol. The first-order valence-electron chi connectivity index (χ1n) is 11.0. The number of aromatic nitrogens is 2. The minimum atomic E-state index is 0.0711. The molecule has 1 unspecified atom stereocenters. The maximum absolute atomic E-state index is 6.70. The number of hydrogen-bond donors (Lipinski definition) is 0. The number of ether oxygens (including phenoxy) is 1. The molecule has 0 bridgehead atoms. The molecule has 1 saturated carbocycles. The van der Waals surface area contributed by atoms with Crippen molar-refractivity contribution in [1.29, 1.82) is 0 Å². The van der Waals surface area contributed by atoms with Gasteiger partial charge >= 0.3 is 0 Å². The highest BCUT2D eigenvalue weighted by atomic mass is 16.5. The fourth-order valence-corrected chi connectivity index (χ4v) is 5.13. The standard InChI is InChI=1S/C25H31N3O/c1-18-7-8-23-21(15-18)22-16-27(2)14-11-24(22)28(23)17-25(19-9-12-26-13-10-19)29-20-5-3-4-6-20/h7-10,12-13,15,20,25H,3-6,11,14,16-17H2,1-2H3. The van der Waals surface area contributed by atoms with Crippen molar-refractivity contribution in [3.05, 3.63) is 65.1 Å². The van der Waals surface area contributed by atoms with Gasteiger partial charge in [0.2, 0.25) is 0 Å². The van der Waals surface area contributed by atoms with E-state index in [1.165, 1.54) is 59.0 Å². The van der Waals surface area contributed by atoms with E-state index in [4.69, 9.17) is 4.74 Å². The largest absolute Gasteiger partial charge is 0.368 e. The summed E-state index contributed by atoms with van der Waals surface area (Å²) in [5.74, 6) is 0. The Balaban J connectivity index is 1.56. The average Bonchev–Trinajstić information content (AvgIpc) is 3.35. The molecule has 4 heteroatoms. The zero-order valence-electron chi connectivity index (χ0n) is 17.6. The van der Waals surface area contributed by atoms with Crippen molar-refractivity contribution >= 4 is 10.9 Å². The monoisotopic (exact) mass is 389 g/mol. The summed E-state index contributed by atoms with van der Waals surface area (Å²) >= 11 is 0. The van der Waals surface area contributed by atoms with Gasteiger partial charge in [-0.25, -0.2) is 0 Å². The minimum Gasteiger partial charge on any atom is -0.368 e. The molecule has 2 aliphatic rings. The Morgan fingerprint density at radius 3 is 2.72 bits per heavy atom. The Morgan fingerprint density at radius 1 is 1.14 bits per heavy atom. The SMILES string of the molecule is Cc1ccc2c(c1)c1c(n2CC(OC2CCCC2)c2ccncc2)CCN(C)C1. The summed E-state index contributed by atoms with van der Waals surface area (Å²) in [7, 11) is 2.23. The summed E-state index contributed by atoms with van der Waals surface area (Å²) in [5, 5.41) is 1.42. The first-order valence-corrected chi connectivity index (χ1v) is 11.0. The van der Waals surface area contributed by atoms with Gasteiger partial charge < -0.3 is 14.2 Å². The lowest BCUT2D eigenvalue weighted by atomic mass is 10.0. The number of hydrogen-bond acceptors (Lipinski definition) is 3. The van der Waals surface area contributed by atoms with Crippen LogP contribution in [-0.2, 0) is 24.2 Å².